The fourth-order valence-electron chi connectivity index (χ4n) is 5.63. The van der Waals surface area contributed by atoms with Gasteiger partial charge in [0.05, 0.1) is 17.1 Å². The lowest BCUT2D eigenvalue weighted by molar-refractivity contribution is 0.165. The summed E-state index contributed by atoms with van der Waals surface area (Å²) in [7, 11) is 0. The lowest BCUT2D eigenvalue weighted by atomic mass is 9.68. The summed E-state index contributed by atoms with van der Waals surface area (Å²) < 4.78 is 0. The van der Waals surface area contributed by atoms with Crippen LogP contribution in [-0.2, 0) is 0 Å². The van der Waals surface area contributed by atoms with Crippen molar-refractivity contribution < 1.29 is 0 Å². The van der Waals surface area contributed by atoms with Gasteiger partial charge in [-0.25, -0.2) is 0 Å². The minimum Gasteiger partial charge on any atom is -0.398 e. The minimum absolute atomic E-state index is 0.438. The van der Waals surface area contributed by atoms with Gasteiger partial charge >= 0.3 is 0 Å². The van der Waals surface area contributed by atoms with E-state index in [0.29, 0.717) is 23.0 Å². The third-order valence-corrected chi connectivity index (χ3v) is 7.60. The molecule has 2 aromatic rings. The van der Waals surface area contributed by atoms with Crippen LogP contribution in [0.25, 0.3) is 11.1 Å². The Bertz CT molecular complexity index is 836. The Kier molecular flexibility index (Phi) is 5.62. The van der Waals surface area contributed by atoms with E-state index in [9.17, 15) is 0 Å². The first-order valence-electron chi connectivity index (χ1n) is 11.3. The molecular weight excluding hydrogens is 356 g/mol. The van der Waals surface area contributed by atoms with Gasteiger partial charge < -0.3 is 22.9 Å². The van der Waals surface area contributed by atoms with Crippen molar-refractivity contribution in [2.24, 2.45) is 17.8 Å². The van der Waals surface area contributed by atoms with Crippen LogP contribution in [0.3, 0.4) is 0 Å². The van der Waals surface area contributed by atoms with E-state index in [1.54, 1.807) is 0 Å². The number of hydrogen-bond acceptors (Lipinski definition) is 4. The molecule has 0 saturated heterocycles. The normalized spacial score (nSPS) is 27.6. The van der Waals surface area contributed by atoms with Crippen LogP contribution in [0, 0.1) is 17.8 Å². The molecule has 2 saturated carbocycles. The smallest absolute Gasteiger partial charge is 0.0781 e. The quantitative estimate of drug-likeness (QED) is 0.497. The van der Waals surface area contributed by atoms with Crippen molar-refractivity contribution in [1.82, 2.24) is 0 Å². The molecule has 4 nitrogen and oxygen atoms in total. The Morgan fingerprint density at radius 3 is 1.76 bits per heavy atom. The second kappa shape index (κ2) is 8.17. The van der Waals surface area contributed by atoms with Crippen LogP contribution < -0.4 is 22.9 Å². The summed E-state index contributed by atoms with van der Waals surface area (Å²) >= 11 is 0. The predicted molar refractivity (Wildman–Crippen MR) is 125 cm³/mol. The third-order valence-electron chi connectivity index (χ3n) is 7.60. The Balaban J connectivity index is 1.44. The lowest BCUT2D eigenvalue weighted by Gasteiger charge is -2.37. The largest absolute Gasteiger partial charge is 0.398 e. The van der Waals surface area contributed by atoms with Crippen LogP contribution in [0.1, 0.15) is 69.8 Å². The molecule has 4 heteroatoms. The highest BCUT2D eigenvalue weighted by atomic mass is 14.7. The van der Waals surface area contributed by atoms with E-state index in [1.807, 2.05) is 12.1 Å². The van der Waals surface area contributed by atoms with Crippen LogP contribution in [0.5, 0.6) is 0 Å². The van der Waals surface area contributed by atoms with Gasteiger partial charge in [0.2, 0.25) is 0 Å². The van der Waals surface area contributed by atoms with Crippen molar-refractivity contribution in [3.05, 3.63) is 35.9 Å². The first-order chi connectivity index (χ1) is 13.9. The molecule has 2 aliphatic carbocycles. The summed E-state index contributed by atoms with van der Waals surface area (Å²) in [5.41, 5.74) is 29.8. The van der Waals surface area contributed by atoms with Crippen molar-refractivity contribution in [3.63, 3.8) is 0 Å². The Morgan fingerprint density at radius 2 is 1.21 bits per heavy atom. The maximum atomic E-state index is 6.44. The average molecular weight is 393 g/mol. The number of benzene rings is 2. The van der Waals surface area contributed by atoms with E-state index in [4.69, 9.17) is 22.9 Å². The molecule has 2 aliphatic rings. The zero-order chi connectivity index (χ0) is 20.5. The average Bonchev–Trinajstić information content (AvgIpc) is 2.72. The van der Waals surface area contributed by atoms with E-state index in [1.165, 1.54) is 56.9 Å². The van der Waals surface area contributed by atoms with Gasteiger partial charge in [0.25, 0.3) is 0 Å². The Hall–Kier alpha value is -2.36. The Morgan fingerprint density at radius 1 is 0.655 bits per heavy atom. The first kappa shape index (κ1) is 19.9. The van der Waals surface area contributed by atoms with E-state index in [-0.39, 0.29) is 0 Å². The summed E-state index contributed by atoms with van der Waals surface area (Å²) in [6.07, 6.45) is 11.1. The van der Waals surface area contributed by atoms with Gasteiger partial charge in [0.15, 0.2) is 0 Å². The number of anilines is 4. The SMILES string of the molecule is CC1CCC(C2CCC(c3ccc(-c4cc(N)c(N)c(N)c4)c(N)c3)CC2)CC1. The van der Waals surface area contributed by atoms with Crippen molar-refractivity contribution in [3.8, 4) is 11.1 Å². The lowest BCUT2D eigenvalue weighted by Crippen LogP contribution is -2.24. The minimum atomic E-state index is 0.438. The van der Waals surface area contributed by atoms with Crippen molar-refractivity contribution in [2.45, 2.75) is 64.2 Å². The molecule has 156 valence electrons. The van der Waals surface area contributed by atoms with Gasteiger partial charge in [-0.15, -0.1) is 0 Å². The van der Waals surface area contributed by atoms with Gasteiger partial charge in [-0.2, -0.15) is 0 Å². The first-order valence-corrected chi connectivity index (χ1v) is 11.3. The van der Waals surface area contributed by atoms with Crippen molar-refractivity contribution in [1.29, 1.82) is 0 Å². The van der Waals surface area contributed by atoms with E-state index in [0.717, 1.165) is 34.6 Å². The number of nitrogen functional groups attached to an aromatic ring is 4. The van der Waals surface area contributed by atoms with E-state index >= 15 is 0 Å². The Labute approximate surface area is 175 Å². The molecule has 2 fully saturated rings. The molecule has 0 bridgehead atoms. The summed E-state index contributed by atoms with van der Waals surface area (Å²) in [4.78, 5) is 0. The highest BCUT2D eigenvalue weighted by Crippen LogP contribution is 2.44. The molecule has 0 aliphatic heterocycles. The molecule has 0 atom stereocenters. The van der Waals surface area contributed by atoms with Crippen LogP contribution in [0.4, 0.5) is 22.7 Å². The highest BCUT2D eigenvalue weighted by Gasteiger charge is 2.30. The van der Waals surface area contributed by atoms with E-state index < -0.39 is 0 Å². The molecule has 0 unspecified atom stereocenters. The molecule has 0 amide bonds. The van der Waals surface area contributed by atoms with Gasteiger partial charge in [-0.3, -0.25) is 0 Å². The second-order valence-corrected chi connectivity index (χ2v) is 9.55. The van der Waals surface area contributed by atoms with Gasteiger partial charge in [-0.1, -0.05) is 31.9 Å². The maximum absolute atomic E-state index is 6.44. The van der Waals surface area contributed by atoms with Crippen molar-refractivity contribution in [2.75, 3.05) is 22.9 Å². The molecule has 0 aromatic heterocycles. The number of nitrogens with two attached hydrogens (primary N) is 4. The van der Waals surface area contributed by atoms with Crippen LogP contribution in [0.2, 0.25) is 0 Å². The predicted octanol–water partition coefficient (Wildman–Crippen LogP) is 5.78. The van der Waals surface area contributed by atoms with Gasteiger partial charge in [0, 0.05) is 11.3 Å². The number of hydrogen-bond donors (Lipinski definition) is 4. The maximum Gasteiger partial charge on any atom is 0.0781 e. The molecule has 29 heavy (non-hydrogen) atoms. The van der Waals surface area contributed by atoms with Gasteiger partial charge in [0.1, 0.15) is 0 Å². The second-order valence-electron chi connectivity index (χ2n) is 9.55. The highest BCUT2D eigenvalue weighted by molar-refractivity contribution is 5.87. The van der Waals surface area contributed by atoms with Crippen molar-refractivity contribution >= 4 is 22.7 Å². The molecule has 0 spiro atoms. The zero-order valence-corrected chi connectivity index (χ0v) is 17.7. The molecule has 8 N–H and O–H groups in total. The zero-order valence-electron chi connectivity index (χ0n) is 17.7. The van der Waals surface area contributed by atoms with Crippen LogP contribution >= 0.6 is 0 Å². The van der Waals surface area contributed by atoms with Crippen LogP contribution in [-0.4, -0.2) is 0 Å². The summed E-state index contributed by atoms with van der Waals surface area (Å²) in [5.74, 6) is 3.49. The van der Waals surface area contributed by atoms with Crippen LogP contribution in [0.15, 0.2) is 30.3 Å². The monoisotopic (exact) mass is 392 g/mol. The summed E-state index contributed by atoms with van der Waals surface area (Å²) in [5, 5.41) is 0. The fraction of sp³-hybridized carbons (Fsp3) is 0.520. The molecular formula is C25H36N4. The standard InChI is InChI=1S/C25H36N4/c1-15-2-4-16(5-3-15)17-6-8-18(9-7-17)19-10-11-21(22(26)12-19)20-13-23(27)25(29)24(28)14-20/h10-18H,2-9,26-29H2,1H3. The topological polar surface area (TPSA) is 104 Å². The third kappa shape index (κ3) is 4.17. The molecule has 4 rings (SSSR count). The fourth-order valence-corrected chi connectivity index (χ4v) is 5.63. The van der Waals surface area contributed by atoms with Gasteiger partial charge in [-0.05, 0) is 91.5 Å². The molecule has 2 aromatic carbocycles. The summed E-state index contributed by atoms with van der Waals surface area (Å²) in [6, 6.07) is 10.2. The summed E-state index contributed by atoms with van der Waals surface area (Å²) in [6.45, 7) is 2.41. The molecule has 0 heterocycles. The molecule has 0 radical (unpaired) electrons. The van der Waals surface area contributed by atoms with E-state index in [2.05, 4.69) is 25.1 Å². The number of rotatable bonds is 3.